The fraction of sp³-hybridized carbons (Fsp3) is 0.333. The van der Waals surface area contributed by atoms with Gasteiger partial charge in [0.05, 0.1) is 7.11 Å². The minimum atomic E-state index is -0.442. The van der Waals surface area contributed by atoms with Crippen LogP contribution in [0.4, 0.5) is 0 Å². The number of ether oxygens (including phenoxy) is 1. The molecule has 1 aromatic heterocycles. The summed E-state index contributed by atoms with van der Waals surface area (Å²) in [6, 6.07) is 0. The normalized spacial score (nSPS) is 10.8. The van der Waals surface area contributed by atoms with E-state index in [1.54, 1.807) is 30.1 Å². The molecule has 5 heteroatoms. The van der Waals surface area contributed by atoms with Gasteiger partial charge in [-0.1, -0.05) is 12.2 Å². The van der Waals surface area contributed by atoms with E-state index in [1.807, 2.05) is 0 Å². The quantitative estimate of drug-likeness (QED) is 0.698. The standard InChI is InChI=1S/C9H13N3O2/c1-12-6-7(4-3-5-10)8(11-12)9(13)14-2/h3-4,6H,5,10H2,1-2H3/b4-3+. The average Bonchev–Trinajstić information content (AvgIpc) is 2.55. The minimum Gasteiger partial charge on any atom is -0.464 e. The largest absolute Gasteiger partial charge is 0.464 e. The van der Waals surface area contributed by atoms with Crippen molar-refractivity contribution in [1.29, 1.82) is 0 Å². The van der Waals surface area contributed by atoms with Crippen molar-refractivity contribution in [3.05, 3.63) is 23.5 Å². The van der Waals surface area contributed by atoms with Gasteiger partial charge in [0.25, 0.3) is 0 Å². The molecule has 0 spiro atoms. The molecular weight excluding hydrogens is 182 g/mol. The van der Waals surface area contributed by atoms with Gasteiger partial charge < -0.3 is 10.5 Å². The Hall–Kier alpha value is -1.62. The molecule has 0 atom stereocenters. The molecule has 0 unspecified atom stereocenters. The van der Waals surface area contributed by atoms with Gasteiger partial charge in [0.1, 0.15) is 0 Å². The van der Waals surface area contributed by atoms with E-state index < -0.39 is 5.97 Å². The van der Waals surface area contributed by atoms with Crippen molar-refractivity contribution in [2.24, 2.45) is 12.8 Å². The average molecular weight is 195 g/mol. The third-order valence-electron chi connectivity index (χ3n) is 1.67. The third kappa shape index (κ3) is 2.20. The number of aryl methyl sites for hydroxylation is 1. The maximum Gasteiger partial charge on any atom is 0.359 e. The van der Waals surface area contributed by atoms with E-state index in [2.05, 4.69) is 9.84 Å². The third-order valence-corrected chi connectivity index (χ3v) is 1.67. The molecule has 0 aliphatic rings. The Labute approximate surface area is 82.2 Å². The van der Waals surface area contributed by atoms with Gasteiger partial charge in [0.15, 0.2) is 5.69 Å². The van der Waals surface area contributed by atoms with Gasteiger partial charge in [-0.15, -0.1) is 0 Å². The summed E-state index contributed by atoms with van der Waals surface area (Å²) in [5.74, 6) is -0.442. The van der Waals surface area contributed by atoms with Crippen molar-refractivity contribution in [1.82, 2.24) is 9.78 Å². The van der Waals surface area contributed by atoms with Crippen LogP contribution in [0, 0.1) is 0 Å². The fourth-order valence-corrected chi connectivity index (χ4v) is 1.08. The highest BCUT2D eigenvalue weighted by Crippen LogP contribution is 2.09. The lowest BCUT2D eigenvalue weighted by atomic mass is 10.2. The zero-order valence-electron chi connectivity index (χ0n) is 8.23. The maximum atomic E-state index is 11.2. The number of hydrogen-bond acceptors (Lipinski definition) is 4. The minimum absolute atomic E-state index is 0.305. The SMILES string of the molecule is COC(=O)c1nn(C)cc1/C=C/CN. The molecule has 0 aliphatic heterocycles. The first-order valence-corrected chi connectivity index (χ1v) is 4.17. The Kier molecular flexibility index (Phi) is 3.41. The van der Waals surface area contributed by atoms with Crippen LogP contribution in [0.15, 0.2) is 12.3 Å². The first-order valence-electron chi connectivity index (χ1n) is 4.17. The Morgan fingerprint density at radius 1 is 1.79 bits per heavy atom. The predicted octanol–water partition coefficient (Wildman–Crippen LogP) is 0.179. The number of methoxy groups -OCH3 is 1. The molecule has 1 aromatic rings. The van der Waals surface area contributed by atoms with Crippen LogP contribution in [0.2, 0.25) is 0 Å². The van der Waals surface area contributed by atoms with E-state index in [0.717, 1.165) is 0 Å². The summed E-state index contributed by atoms with van der Waals surface area (Å²) in [6.45, 7) is 0.426. The van der Waals surface area contributed by atoms with Gasteiger partial charge in [-0.3, -0.25) is 4.68 Å². The molecule has 0 fully saturated rings. The second kappa shape index (κ2) is 4.57. The van der Waals surface area contributed by atoms with Crippen molar-refractivity contribution < 1.29 is 9.53 Å². The van der Waals surface area contributed by atoms with Crippen LogP contribution in [0.3, 0.4) is 0 Å². The molecule has 14 heavy (non-hydrogen) atoms. The van der Waals surface area contributed by atoms with Crippen LogP contribution in [0.25, 0.3) is 6.08 Å². The van der Waals surface area contributed by atoms with E-state index >= 15 is 0 Å². The summed E-state index contributed by atoms with van der Waals surface area (Å²) in [7, 11) is 3.07. The number of rotatable bonds is 3. The molecule has 1 rings (SSSR count). The summed E-state index contributed by atoms with van der Waals surface area (Å²) in [6.07, 6.45) is 5.24. The van der Waals surface area contributed by atoms with Gasteiger partial charge in [-0.25, -0.2) is 4.79 Å². The van der Waals surface area contributed by atoms with Crippen LogP contribution in [-0.2, 0) is 11.8 Å². The molecule has 0 aliphatic carbocycles. The van der Waals surface area contributed by atoms with Crippen LogP contribution in [-0.4, -0.2) is 29.4 Å². The number of esters is 1. The van der Waals surface area contributed by atoms with Gasteiger partial charge in [-0.2, -0.15) is 5.10 Å². The summed E-state index contributed by atoms with van der Waals surface area (Å²) < 4.78 is 6.15. The first-order chi connectivity index (χ1) is 6.69. The Morgan fingerprint density at radius 3 is 3.07 bits per heavy atom. The molecule has 0 aromatic carbocycles. The number of aromatic nitrogens is 2. The van der Waals surface area contributed by atoms with E-state index in [4.69, 9.17) is 5.73 Å². The van der Waals surface area contributed by atoms with Crippen LogP contribution >= 0.6 is 0 Å². The highest BCUT2D eigenvalue weighted by Gasteiger charge is 2.13. The summed E-state index contributed by atoms with van der Waals surface area (Å²) >= 11 is 0. The summed E-state index contributed by atoms with van der Waals surface area (Å²) in [5.41, 5.74) is 6.33. The first kappa shape index (κ1) is 10.5. The molecule has 0 radical (unpaired) electrons. The van der Waals surface area contributed by atoms with Gasteiger partial charge in [-0.05, 0) is 0 Å². The topological polar surface area (TPSA) is 70.1 Å². The van der Waals surface area contributed by atoms with Crippen molar-refractivity contribution >= 4 is 12.0 Å². The zero-order chi connectivity index (χ0) is 10.6. The maximum absolute atomic E-state index is 11.2. The van der Waals surface area contributed by atoms with Gasteiger partial charge in [0.2, 0.25) is 0 Å². The smallest absolute Gasteiger partial charge is 0.359 e. The highest BCUT2D eigenvalue weighted by atomic mass is 16.5. The number of hydrogen-bond donors (Lipinski definition) is 1. The van der Waals surface area contributed by atoms with E-state index in [1.165, 1.54) is 7.11 Å². The molecule has 76 valence electrons. The molecule has 0 amide bonds. The molecule has 0 saturated heterocycles. The predicted molar refractivity (Wildman–Crippen MR) is 52.6 cm³/mol. The Morgan fingerprint density at radius 2 is 2.50 bits per heavy atom. The summed E-state index contributed by atoms with van der Waals surface area (Å²) in [4.78, 5) is 11.2. The van der Waals surface area contributed by atoms with Crippen LogP contribution in [0.1, 0.15) is 16.1 Å². The summed E-state index contributed by atoms with van der Waals surface area (Å²) in [5, 5.41) is 3.98. The molecule has 0 bridgehead atoms. The number of carbonyl (C=O) groups excluding carboxylic acids is 1. The Bertz CT molecular complexity index is 355. The lowest BCUT2D eigenvalue weighted by Gasteiger charge is -1.94. The molecule has 1 heterocycles. The lowest BCUT2D eigenvalue weighted by molar-refractivity contribution is 0.0593. The van der Waals surface area contributed by atoms with E-state index in [9.17, 15) is 4.79 Å². The number of nitrogens with two attached hydrogens (primary N) is 1. The molecule has 0 saturated carbocycles. The monoisotopic (exact) mass is 195 g/mol. The zero-order valence-corrected chi connectivity index (χ0v) is 8.23. The fourth-order valence-electron chi connectivity index (χ4n) is 1.08. The van der Waals surface area contributed by atoms with E-state index in [0.29, 0.717) is 17.8 Å². The van der Waals surface area contributed by atoms with Crippen molar-refractivity contribution in [2.45, 2.75) is 0 Å². The number of nitrogens with zero attached hydrogens (tertiary/aromatic N) is 2. The second-order valence-corrected chi connectivity index (χ2v) is 2.74. The van der Waals surface area contributed by atoms with E-state index in [-0.39, 0.29) is 0 Å². The second-order valence-electron chi connectivity index (χ2n) is 2.74. The lowest BCUT2D eigenvalue weighted by Crippen LogP contribution is -2.04. The Balaban J connectivity index is 3.02. The van der Waals surface area contributed by atoms with Gasteiger partial charge >= 0.3 is 5.97 Å². The van der Waals surface area contributed by atoms with Crippen molar-refractivity contribution in [3.63, 3.8) is 0 Å². The molecule has 5 nitrogen and oxygen atoms in total. The molecular formula is C9H13N3O2. The van der Waals surface area contributed by atoms with Crippen molar-refractivity contribution in [2.75, 3.05) is 13.7 Å². The van der Waals surface area contributed by atoms with Crippen LogP contribution < -0.4 is 5.73 Å². The van der Waals surface area contributed by atoms with Crippen molar-refractivity contribution in [3.8, 4) is 0 Å². The number of carbonyl (C=O) groups is 1. The van der Waals surface area contributed by atoms with Crippen LogP contribution in [0.5, 0.6) is 0 Å². The highest BCUT2D eigenvalue weighted by molar-refractivity contribution is 5.91. The molecule has 2 N–H and O–H groups in total. The van der Waals surface area contributed by atoms with Gasteiger partial charge in [0, 0.05) is 25.4 Å².